The number of hydrogen-bond donors (Lipinski definition) is 1. The van der Waals surface area contributed by atoms with Crippen LogP contribution in [-0.4, -0.2) is 7.11 Å². The second-order valence-electron chi connectivity index (χ2n) is 3.79. The van der Waals surface area contributed by atoms with Gasteiger partial charge in [-0.05, 0) is 45.8 Å². The summed E-state index contributed by atoms with van der Waals surface area (Å²) in [4.78, 5) is 0. The van der Waals surface area contributed by atoms with Gasteiger partial charge in [0.05, 0.1) is 11.6 Å². The molecule has 0 unspecified atom stereocenters. The summed E-state index contributed by atoms with van der Waals surface area (Å²) < 4.78 is 6.11. The first-order valence-electron chi connectivity index (χ1n) is 5.51. The molecule has 0 heterocycles. The number of anilines is 1. The van der Waals surface area contributed by atoms with Gasteiger partial charge >= 0.3 is 0 Å². The predicted octanol–water partition coefficient (Wildman–Crippen LogP) is 4.72. The lowest BCUT2D eigenvalue weighted by Gasteiger charge is -2.10. The molecule has 94 valence electrons. The molecule has 2 aromatic carbocycles. The number of rotatable bonds is 4. The van der Waals surface area contributed by atoms with Gasteiger partial charge in [0.15, 0.2) is 0 Å². The number of nitrogens with one attached hydrogen (secondary N) is 1. The van der Waals surface area contributed by atoms with E-state index in [0.29, 0.717) is 6.54 Å². The first kappa shape index (κ1) is 13.2. The van der Waals surface area contributed by atoms with Gasteiger partial charge in [0.2, 0.25) is 0 Å². The molecule has 0 aliphatic rings. The zero-order valence-electron chi connectivity index (χ0n) is 9.91. The number of benzene rings is 2. The van der Waals surface area contributed by atoms with Crippen molar-refractivity contribution < 1.29 is 4.74 Å². The van der Waals surface area contributed by atoms with E-state index in [1.165, 1.54) is 0 Å². The summed E-state index contributed by atoms with van der Waals surface area (Å²) >= 11 is 9.56. The Morgan fingerprint density at radius 3 is 2.67 bits per heavy atom. The SMILES string of the molecule is COc1ccc(NCc2ccccc2Cl)cc1Br. The molecule has 2 rings (SSSR count). The van der Waals surface area contributed by atoms with Crippen molar-refractivity contribution in [2.75, 3.05) is 12.4 Å². The van der Waals surface area contributed by atoms with Crippen LogP contribution in [0.3, 0.4) is 0 Å². The fourth-order valence-corrected chi connectivity index (χ4v) is 2.36. The first-order valence-corrected chi connectivity index (χ1v) is 6.68. The Balaban J connectivity index is 2.07. The molecule has 18 heavy (non-hydrogen) atoms. The van der Waals surface area contributed by atoms with E-state index in [-0.39, 0.29) is 0 Å². The number of hydrogen-bond acceptors (Lipinski definition) is 2. The maximum atomic E-state index is 6.10. The van der Waals surface area contributed by atoms with Crippen LogP contribution in [0.5, 0.6) is 5.75 Å². The quantitative estimate of drug-likeness (QED) is 0.877. The van der Waals surface area contributed by atoms with Gasteiger partial charge < -0.3 is 10.1 Å². The molecule has 4 heteroatoms. The smallest absolute Gasteiger partial charge is 0.133 e. The van der Waals surface area contributed by atoms with Gasteiger partial charge in [0.25, 0.3) is 0 Å². The Bertz CT molecular complexity index is 545. The van der Waals surface area contributed by atoms with Crippen LogP contribution in [0.4, 0.5) is 5.69 Å². The highest BCUT2D eigenvalue weighted by atomic mass is 79.9. The van der Waals surface area contributed by atoms with Gasteiger partial charge in [0, 0.05) is 17.3 Å². The lowest BCUT2D eigenvalue weighted by molar-refractivity contribution is 0.412. The van der Waals surface area contributed by atoms with Crippen molar-refractivity contribution in [3.63, 3.8) is 0 Å². The van der Waals surface area contributed by atoms with Crippen molar-refractivity contribution in [3.05, 3.63) is 57.5 Å². The predicted molar refractivity (Wildman–Crippen MR) is 79.5 cm³/mol. The van der Waals surface area contributed by atoms with Gasteiger partial charge in [-0.2, -0.15) is 0 Å². The molecule has 0 amide bonds. The summed E-state index contributed by atoms with van der Waals surface area (Å²) in [5.41, 5.74) is 2.09. The standard InChI is InChI=1S/C14H13BrClNO/c1-18-14-7-6-11(8-12(14)15)17-9-10-4-2-3-5-13(10)16/h2-8,17H,9H2,1H3. The molecule has 0 bridgehead atoms. The second kappa shape index (κ2) is 6.12. The monoisotopic (exact) mass is 325 g/mol. The second-order valence-corrected chi connectivity index (χ2v) is 5.06. The lowest BCUT2D eigenvalue weighted by atomic mass is 10.2. The van der Waals surface area contributed by atoms with Crippen molar-refractivity contribution in [3.8, 4) is 5.75 Å². The van der Waals surface area contributed by atoms with Crippen LogP contribution in [0.2, 0.25) is 5.02 Å². The molecular formula is C14H13BrClNO. The number of ether oxygens (including phenoxy) is 1. The first-order chi connectivity index (χ1) is 8.70. The zero-order chi connectivity index (χ0) is 13.0. The Morgan fingerprint density at radius 2 is 2.00 bits per heavy atom. The highest BCUT2D eigenvalue weighted by Gasteiger charge is 2.02. The minimum Gasteiger partial charge on any atom is -0.496 e. The fraction of sp³-hybridized carbons (Fsp3) is 0.143. The average molecular weight is 327 g/mol. The van der Waals surface area contributed by atoms with E-state index in [0.717, 1.165) is 26.5 Å². The van der Waals surface area contributed by atoms with E-state index in [1.54, 1.807) is 7.11 Å². The van der Waals surface area contributed by atoms with Crippen LogP contribution in [0.1, 0.15) is 5.56 Å². The van der Waals surface area contributed by atoms with Crippen LogP contribution in [0.25, 0.3) is 0 Å². The molecule has 0 aliphatic heterocycles. The Hall–Kier alpha value is -1.19. The third kappa shape index (κ3) is 3.18. The zero-order valence-corrected chi connectivity index (χ0v) is 12.3. The summed E-state index contributed by atoms with van der Waals surface area (Å²) in [6.07, 6.45) is 0. The third-order valence-corrected chi connectivity index (χ3v) is 3.58. The molecule has 0 aliphatic carbocycles. The molecule has 0 aromatic heterocycles. The highest BCUT2D eigenvalue weighted by molar-refractivity contribution is 9.10. The highest BCUT2D eigenvalue weighted by Crippen LogP contribution is 2.28. The minimum absolute atomic E-state index is 0.693. The molecule has 1 N–H and O–H groups in total. The van der Waals surface area contributed by atoms with Crippen molar-refractivity contribution in [2.24, 2.45) is 0 Å². The van der Waals surface area contributed by atoms with Crippen LogP contribution < -0.4 is 10.1 Å². The normalized spacial score (nSPS) is 10.2. The van der Waals surface area contributed by atoms with Crippen LogP contribution >= 0.6 is 27.5 Å². The number of halogens is 2. The van der Waals surface area contributed by atoms with Crippen molar-refractivity contribution in [2.45, 2.75) is 6.54 Å². The van der Waals surface area contributed by atoms with E-state index >= 15 is 0 Å². The Labute approximate surface area is 120 Å². The van der Waals surface area contributed by atoms with Gasteiger partial charge in [0.1, 0.15) is 5.75 Å². The summed E-state index contributed by atoms with van der Waals surface area (Å²) in [5, 5.41) is 4.10. The molecular weight excluding hydrogens is 314 g/mol. The van der Waals surface area contributed by atoms with E-state index in [9.17, 15) is 0 Å². The summed E-state index contributed by atoms with van der Waals surface area (Å²) in [6.45, 7) is 0.693. The molecule has 2 aromatic rings. The minimum atomic E-state index is 0.693. The maximum Gasteiger partial charge on any atom is 0.133 e. The Morgan fingerprint density at radius 1 is 1.22 bits per heavy atom. The van der Waals surface area contributed by atoms with E-state index in [4.69, 9.17) is 16.3 Å². The van der Waals surface area contributed by atoms with Crippen LogP contribution in [0, 0.1) is 0 Å². The molecule has 2 nitrogen and oxygen atoms in total. The summed E-state index contributed by atoms with van der Waals surface area (Å²) in [6, 6.07) is 13.7. The van der Waals surface area contributed by atoms with Crippen molar-refractivity contribution in [1.29, 1.82) is 0 Å². The molecule has 0 saturated carbocycles. The van der Waals surface area contributed by atoms with E-state index < -0.39 is 0 Å². The fourth-order valence-electron chi connectivity index (χ4n) is 1.62. The molecule has 0 radical (unpaired) electrons. The topological polar surface area (TPSA) is 21.3 Å². The van der Waals surface area contributed by atoms with Crippen molar-refractivity contribution in [1.82, 2.24) is 0 Å². The largest absolute Gasteiger partial charge is 0.496 e. The Kier molecular flexibility index (Phi) is 4.50. The van der Waals surface area contributed by atoms with Gasteiger partial charge in [-0.1, -0.05) is 29.8 Å². The van der Waals surface area contributed by atoms with Crippen molar-refractivity contribution >= 4 is 33.2 Å². The van der Waals surface area contributed by atoms with E-state index in [1.807, 2.05) is 42.5 Å². The lowest BCUT2D eigenvalue weighted by Crippen LogP contribution is -2.00. The van der Waals surface area contributed by atoms with Crippen LogP contribution in [-0.2, 0) is 6.54 Å². The molecule has 0 saturated heterocycles. The summed E-state index contributed by atoms with van der Waals surface area (Å²) in [7, 11) is 1.65. The van der Waals surface area contributed by atoms with Crippen LogP contribution in [0.15, 0.2) is 46.9 Å². The van der Waals surface area contributed by atoms with Gasteiger partial charge in [-0.3, -0.25) is 0 Å². The maximum absolute atomic E-state index is 6.10. The summed E-state index contributed by atoms with van der Waals surface area (Å²) in [5.74, 6) is 0.818. The molecule has 0 spiro atoms. The molecule has 0 fully saturated rings. The third-order valence-electron chi connectivity index (χ3n) is 2.59. The van der Waals surface area contributed by atoms with Gasteiger partial charge in [-0.15, -0.1) is 0 Å². The number of methoxy groups -OCH3 is 1. The average Bonchev–Trinajstić information content (AvgIpc) is 2.38. The molecule has 0 atom stereocenters. The van der Waals surface area contributed by atoms with E-state index in [2.05, 4.69) is 21.2 Å². The van der Waals surface area contributed by atoms with Gasteiger partial charge in [-0.25, -0.2) is 0 Å².